The molecular weight excluding hydrogens is 288 g/mol. The van der Waals surface area contributed by atoms with Crippen molar-refractivity contribution in [2.45, 2.75) is 36.7 Å². The Hall–Kier alpha value is -1.63. The fraction of sp³-hybridized carbons (Fsp3) is 0.700. The van der Waals surface area contributed by atoms with Crippen LogP contribution in [0.5, 0.6) is 0 Å². The first-order valence-electron chi connectivity index (χ1n) is 6.06. The van der Waals surface area contributed by atoms with Crippen LogP contribution in [0.15, 0.2) is 6.33 Å². The van der Waals surface area contributed by atoms with Gasteiger partial charge >= 0.3 is 0 Å². The summed E-state index contributed by atoms with van der Waals surface area (Å²) < 4.78 is 6.15. The van der Waals surface area contributed by atoms with Crippen LogP contribution >= 0.6 is 0 Å². The number of ether oxygens (including phenoxy) is 1. The van der Waals surface area contributed by atoms with Crippen LogP contribution in [0.3, 0.4) is 0 Å². The largest absolute Gasteiger partial charge is 0.394 e. The number of hydrogen-bond donors (Lipinski definition) is 6. The molecule has 1 saturated heterocycles. The molecule has 7 N–H and O–H groups in total. The highest BCUT2D eigenvalue weighted by Crippen LogP contribution is 2.26. The molecule has 0 aliphatic carbocycles. The molecule has 0 radical (unpaired) electrons. The molecule has 1 amide bonds. The zero-order chi connectivity index (χ0) is 15.7. The van der Waals surface area contributed by atoms with Gasteiger partial charge in [-0.3, -0.25) is 4.79 Å². The van der Waals surface area contributed by atoms with Gasteiger partial charge in [0.1, 0.15) is 36.8 Å². The van der Waals surface area contributed by atoms with Gasteiger partial charge in [-0.15, -0.1) is 5.10 Å². The van der Waals surface area contributed by atoms with Crippen LogP contribution in [-0.4, -0.2) is 83.3 Å². The van der Waals surface area contributed by atoms with Crippen LogP contribution in [0.2, 0.25) is 0 Å². The summed E-state index contributed by atoms with van der Waals surface area (Å²) in [6.45, 7) is -0.675. The molecule has 0 aromatic carbocycles. The lowest BCUT2D eigenvalue weighted by molar-refractivity contribution is -0.155. The number of carbonyl (C=O) groups excluding carboxylic acids is 1. The first kappa shape index (κ1) is 15.8. The Morgan fingerprint density at radius 2 is 1.86 bits per heavy atom. The molecule has 0 bridgehead atoms. The van der Waals surface area contributed by atoms with Crippen LogP contribution < -0.4 is 5.73 Å². The Balaban J connectivity index is 2.33. The molecule has 0 unspecified atom stereocenters. The Morgan fingerprint density at radius 1 is 1.24 bits per heavy atom. The predicted octanol–water partition coefficient (Wildman–Crippen LogP) is -4.29. The minimum Gasteiger partial charge on any atom is -0.394 e. The molecule has 0 saturated carbocycles. The van der Waals surface area contributed by atoms with Gasteiger partial charge in [0.05, 0.1) is 6.61 Å². The maximum absolute atomic E-state index is 10.9. The van der Waals surface area contributed by atoms with E-state index in [0.717, 1.165) is 11.0 Å². The summed E-state index contributed by atoms with van der Waals surface area (Å²) >= 11 is 0. The summed E-state index contributed by atoms with van der Waals surface area (Å²) in [5, 5.41) is 52.0. The lowest BCUT2D eigenvalue weighted by Crippen LogP contribution is -2.47. The topological polar surface area (TPSA) is 184 Å². The number of aliphatic hydroxyl groups is 5. The van der Waals surface area contributed by atoms with Gasteiger partial charge in [-0.1, -0.05) is 0 Å². The van der Waals surface area contributed by atoms with Crippen molar-refractivity contribution in [2.75, 3.05) is 6.61 Å². The van der Waals surface area contributed by atoms with E-state index in [2.05, 4.69) is 10.1 Å². The summed E-state index contributed by atoms with van der Waals surface area (Å²) in [5.74, 6) is -1.25. The molecular formula is C10H16N4O7. The number of nitrogens with zero attached hydrogens (tertiary/aromatic N) is 3. The molecule has 0 spiro atoms. The van der Waals surface area contributed by atoms with E-state index >= 15 is 0 Å². The number of nitrogens with two attached hydrogens (primary N) is 1. The summed E-state index contributed by atoms with van der Waals surface area (Å²) in [4.78, 5) is 14.5. The third-order valence-corrected chi connectivity index (χ3v) is 3.21. The van der Waals surface area contributed by atoms with Crippen LogP contribution in [-0.2, 0) is 4.74 Å². The number of amides is 1. The van der Waals surface area contributed by atoms with Crippen molar-refractivity contribution in [1.82, 2.24) is 14.8 Å². The van der Waals surface area contributed by atoms with E-state index in [1.165, 1.54) is 0 Å². The lowest BCUT2D eigenvalue weighted by Gasteiger charge is -2.25. The summed E-state index contributed by atoms with van der Waals surface area (Å²) in [6, 6.07) is 0. The second kappa shape index (κ2) is 6.01. The van der Waals surface area contributed by atoms with Crippen LogP contribution in [0.1, 0.15) is 16.8 Å². The second-order valence-corrected chi connectivity index (χ2v) is 4.62. The first-order valence-corrected chi connectivity index (χ1v) is 6.06. The van der Waals surface area contributed by atoms with E-state index in [4.69, 9.17) is 15.6 Å². The van der Waals surface area contributed by atoms with Gasteiger partial charge in [0, 0.05) is 0 Å². The number of aromatic nitrogens is 3. The second-order valence-electron chi connectivity index (χ2n) is 4.62. The van der Waals surface area contributed by atoms with E-state index in [1.54, 1.807) is 0 Å². The van der Waals surface area contributed by atoms with Crippen molar-refractivity contribution in [3.63, 3.8) is 0 Å². The molecule has 21 heavy (non-hydrogen) atoms. The van der Waals surface area contributed by atoms with Gasteiger partial charge in [0.25, 0.3) is 5.91 Å². The Bertz CT molecular complexity index is 507. The Labute approximate surface area is 118 Å². The van der Waals surface area contributed by atoms with Crippen LogP contribution in [0, 0.1) is 0 Å². The van der Waals surface area contributed by atoms with Gasteiger partial charge < -0.3 is 36.0 Å². The molecule has 1 aliphatic rings. The van der Waals surface area contributed by atoms with Crippen molar-refractivity contribution >= 4 is 5.91 Å². The highest BCUT2D eigenvalue weighted by molar-refractivity contribution is 5.88. The van der Waals surface area contributed by atoms with Crippen molar-refractivity contribution in [3.05, 3.63) is 12.2 Å². The molecule has 1 aromatic rings. The standard InChI is InChI=1S/C10H16N4O7/c11-8(20)9-12-2-14(13-9)10-7(19)6(18)5(17)4(16)3(1-15)21-10/h2-7,10,15-19H,1H2,(H2,11,20)/t3-,4-,5+,6-,7-,10-/m1/s1. The zero-order valence-corrected chi connectivity index (χ0v) is 10.7. The molecule has 11 heteroatoms. The number of rotatable bonds is 3. The Morgan fingerprint density at radius 3 is 2.38 bits per heavy atom. The average Bonchev–Trinajstić information content (AvgIpc) is 2.92. The molecule has 1 fully saturated rings. The van der Waals surface area contributed by atoms with E-state index in [0.29, 0.717) is 0 Å². The van der Waals surface area contributed by atoms with Crippen molar-refractivity contribution < 1.29 is 35.1 Å². The monoisotopic (exact) mass is 304 g/mol. The van der Waals surface area contributed by atoms with E-state index < -0.39 is 49.3 Å². The summed E-state index contributed by atoms with van der Waals surface area (Å²) in [6.07, 6.45) is -8.44. The molecule has 118 valence electrons. The smallest absolute Gasteiger partial charge is 0.288 e. The molecule has 2 heterocycles. The fourth-order valence-corrected chi connectivity index (χ4v) is 2.01. The fourth-order valence-electron chi connectivity index (χ4n) is 2.01. The average molecular weight is 304 g/mol. The first-order chi connectivity index (χ1) is 9.86. The predicted molar refractivity (Wildman–Crippen MR) is 63.6 cm³/mol. The normalized spacial score (nSPS) is 37.2. The maximum atomic E-state index is 10.9. The minimum atomic E-state index is -1.76. The third kappa shape index (κ3) is 2.88. The summed E-state index contributed by atoms with van der Waals surface area (Å²) in [5.41, 5.74) is 5.00. The van der Waals surface area contributed by atoms with Gasteiger partial charge in [-0.05, 0) is 0 Å². The van der Waals surface area contributed by atoms with Gasteiger partial charge in [0.2, 0.25) is 5.82 Å². The lowest BCUT2D eigenvalue weighted by atomic mass is 10.0. The quantitative estimate of drug-likeness (QED) is 0.321. The molecule has 2 rings (SSSR count). The van der Waals surface area contributed by atoms with Gasteiger partial charge in [0.15, 0.2) is 6.23 Å². The molecule has 6 atom stereocenters. The maximum Gasteiger partial charge on any atom is 0.288 e. The number of carbonyl (C=O) groups is 1. The highest BCUT2D eigenvalue weighted by atomic mass is 16.6. The Kier molecular flexibility index (Phi) is 4.51. The van der Waals surface area contributed by atoms with Crippen molar-refractivity contribution in [1.29, 1.82) is 0 Å². The van der Waals surface area contributed by atoms with Gasteiger partial charge in [-0.25, -0.2) is 9.67 Å². The minimum absolute atomic E-state index is 0.341. The number of primary amides is 1. The van der Waals surface area contributed by atoms with Crippen LogP contribution in [0.4, 0.5) is 0 Å². The van der Waals surface area contributed by atoms with Crippen LogP contribution in [0.25, 0.3) is 0 Å². The molecule has 1 aromatic heterocycles. The zero-order valence-electron chi connectivity index (χ0n) is 10.7. The van der Waals surface area contributed by atoms with Crippen molar-refractivity contribution in [2.24, 2.45) is 5.73 Å². The van der Waals surface area contributed by atoms with E-state index in [-0.39, 0.29) is 5.82 Å². The van der Waals surface area contributed by atoms with Crippen molar-refractivity contribution in [3.8, 4) is 0 Å². The molecule has 11 nitrogen and oxygen atoms in total. The number of hydrogen-bond acceptors (Lipinski definition) is 9. The number of aliphatic hydroxyl groups excluding tert-OH is 5. The van der Waals surface area contributed by atoms with E-state index in [1.807, 2.05) is 0 Å². The highest BCUT2D eigenvalue weighted by Gasteiger charge is 2.45. The third-order valence-electron chi connectivity index (χ3n) is 3.21. The molecule has 1 aliphatic heterocycles. The SMILES string of the molecule is NC(=O)c1ncn([C@@H]2O[C@H](CO)[C@@H](O)[C@H](O)[C@@H](O)[C@H]2O)n1. The van der Waals surface area contributed by atoms with E-state index in [9.17, 15) is 25.2 Å². The van der Waals surface area contributed by atoms with Gasteiger partial charge in [-0.2, -0.15) is 0 Å². The summed E-state index contributed by atoms with van der Waals surface area (Å²) in [7, 11) is 0.